The molecule has 0 N–H and O–H groups in total. The van der Waals surface area contributed by atoms with Crippen molar-refractivity contribution in [3.63, 3.8) is 0 Å². The van der Waals surface area contributed by atoms with Gasteiger partial charge < -0.3 is 9.30 Å². The maximum atomic E-state index is 13.1. The number of ether oxygens (including phenoxy) is 1. The molecule has 1 aliphatic rings. The maximum absolute atomic E-state index is 13.1. The molecule has 29 heavy (non-hydrogen) atoms. The van der Waals surface area contributed by atoms with Crippen molar-refractivity contribution in [3.05, 3.63) is 44.9 Å². The highest BCUT2D eigenvalue weighted by Gasteiger charge is 2.22. The van der Waals surface area contributed by atoms with Crippen LogP contribution in [0.1, 0.15) is 17.8 Å². The van der Waals surface area contributed by atoms with Gasteiger partial charge in [0.15, 0.2) is 11.2 Å². The second-order valence-corrected chi connectivity index (χ2v) is 7.60. The highest BCUT2D eigenvalue weighted by atomic mass is 16.5. The standard InChI is InChI=1S/C20H28N6O3/c1-5-7-25-18(27)16-17(22(4)20(25)28)21-19-24(14(2)15(3)26(16)19)9-6-8-23-10-12-29-13-11-23/h5H,1,6-13H2,2-4H3. The van der Waals surface area contributed by atoms with E-state index in [1.165, 1.54) is 9.13 Å². The van der Waals surface area contributed by atoms with Gasteiger partial charge in [-0.25, -0.2) is 4.79 Å². The number of allylic oxidation sites excluding steroid dienone is 1. The van der Waals surface area contributed by atoms with Gasteiger partial charge in [-0.3, -0.25) is 23.2 Å². The Bertz CT molecular complexity index is 1190. The average molecular weight is 400 g/mol. The summed E-state index contributed by atoms with van der Waals surface area (Å²) in [6.45, 7) is 13.2. The fraction of sp³-hybridized carbons (Fsp3) is 0.550. The number of aromatic nitrogens is 5. The van der Waals surface area contributed by atoms with Crippen LogP contribution in [0.3, 0.4) is 0 Å². The fourth-order valence-corrected chi connectivity index (χ4v) is 4.15. The molecule has 0 aromatic carbocycles. The van der Waals surface area contributed by atoms with Gasteiger partial charge in [-0.1, -0.05) is 6.08 Å². The van der Waals surface area contributed by atoms with Crippen molar-refractivity contribution in [2.45, 2.75) is 33.4 Å². The van der Waals surface area contributed by atoms with Crippen molar-refractivity contribution >= 4 is 16.9 Å². The molecular weight excluding hydrogens is 372 g/mol. The normalized spacial score (nSPS) is 15.6. The van der Waals surface area contributed by atoms with E-state index in [2.05, 4.69) is 23.0 Å². The van der Waals surface area contributed by atoms with Crippen LogP contribution in [0, 0.1) is 13.8 Å². The first kappa shape index (κ1) is 19.7. The van der Waals surface area contributed by atoms with E-state index >= 15 is 0 Å². The molecule has 4 rings (SSSR count). The molecule has 0 spiro atoms. The molecule has 9 nitrogen and oxygen atoms in total. The summed E-state index contributed by atoms with van der Waals surface area (Å²) in [7, 11) is 1.65. The van der Waals surface area contributed by atoms with Gasteiger partial charge in [-0.05, 0) is 20.3 Å². The Morgan fingerprint density at radius 1 is 1.10 bits per heavy atom. The zero-order valence-electron chi connectivity index (χ0n) is 17.3. The topological polar surface area (TPSA) is 78.7 Å². The number of hydrogen-bond donors (Lipinski definition) is 0. The number of rotatable bonds is 6. The van der Waals surface area contributed by atoms with E-state index in [4.69, 9.17) is 9.72 Å². The summed E-state index contributed by atoms with van der Waals surface area (Å²) >= 11 is 0. The van der Waals surface area contributed by atoms with Gasteiger partial charge in [-0.2, -0.15) is 4.98 Å². The second-order valence-electron chi connectivity index (χ2n) is 7.60. The van der Waals surface area contributed by atoms with Crippen LogP contribution in [0.2, 0.25) is 0 Å². The monoisotopic (exact) mass is 400 g/mol. The molecule has 0 aliphatic carbocycles. The number of aryl methyl sites for hydroxylation is 3. The molecule has 1 aliphatic heterocycles. The van der Waals surface area contributed by atoms with E-state index in [1.54, 1.807) is 13.1 Å². The molecule has 9 heteroatoms. The Labute approximate surface area is 168 Å². The summed E-state index contributed by atoms with van der Waals surface area (Å²) < 4.78 is 12.1. The molecule has 0 amide bonds. The van der Waals surface area contributed by atoms with Gasteiger partial charge in [0, 0.05) is 51.2 Å². The number of imidazole rings is 2. The van der Waals surface area contributed by atoms with E-state index in [0.717, 1.165) is 57.2 Å². The zero-order valence-corrected chi connectivity index (χ0v) is 17.3. The number of morpholine rings is 1. The third kappa shape index (κ3) is 3.14. The minimum absolute atomic E-state index is 0.174. The Morgan fingerprint density at radius 2 is 1.83 bits per heavy atom. The first-order valence-electron chi connectivity index (χ1n) is 10.0. The van der Waals surface area contributed by atoms with Crippen LogP contribution in [0.4, 0.5) is 0 Å². The van der Waals surface area contributed by atoms with Crippen molar-refractivity contribution < 1.29 is 4.74 Å². The van der Waals surface area contributed by atoms with Crippen LogP contribution >= 0.6 is 0 Å². The van der Waals surface area contributed by atoms with Gasteiger partial charge in [0.2, 0.25) is 5.78 Å². The summed E-state index contributed by atoms with van der Waals surface area (Å²) in [6, 6.07) is 0. The molecule has 3 aromatic heterocycles. The van der Waals surface area contributed by atoms with Gasteiger partial charge >= 0.3 is 5.69 Å². The predicted molar refractivity (Wildman–Crippen MR) is 112 cm³/mol. The van der Waals surface area contributed by atoms with Gasteiger partial charge in [0.05, 0.1) is 13.2 Å². The summed E-state index contributed by atoms with van der Waals surface area (Å²) in [5.74, 6) is 0.709. The lowest BCUT2D eigenvalue weighted by atomic mass is 10.3. The lowest BCUT2D eigenvalue weighted by Crippen LogP contribution is -2.39. The van der Waals surface area contributed by atoms with Crippen molar-refractivity contribution in [1.29, 1.82) is 0 Å². The number of fused-ring (bicyclic) bond motifs is 3. The van der Waals surface area contributed by atoms with Crippen molar-refractivity contribution in [2.24, 2.45) is 7.05 Å². The first-order chi connectivity index (χ1) is 14.0. The number of nitrogens with zero attached hydrogens (tertiary/aromatic N) is 6. The Hall–Kier alpha value is -2.65. The Balaban J connectivity index is 1.78. The molecule has 4 heterocycles. The quantitative estimate of drug-likeness (QED) is 0.569. The summed E-state index contributed by atoms with van der Waals surface area (Å²) in [4.78, 5) is 32.8. The first-order valence-corrected chi connectivity index (χ1v) is 10.0. The summed E-state index contributed by atoms with van der Waals surface area (Å²) in [5, 5.41) is 0. The third-order valence-electron chi connectivity index (χ3n) is 5.90. The van der Waals surface area contributed by atoms with E-state index in [0.29, 0.717) is 16.9 Å². The molecule has 0 unspecified atom stereocenters. The molecule has 156 valence electrons. The zero-order chi connectivity index (χ0) is 20.7. The SMILES string of the molecule is C=CCn1c(=O)c2c(nc3n(CCCN4CCOCC4)c(C)c(C)n23)n(C)c1=O. The van der Waals surface area contributed by atoms with Crippen LogP contribution in [-0.4, -0.2) is 60.8 Å². The largest absolute Gasteiger partial charge is 0.379 e. The van der Waals surface area contributed by atoms with Gasteiger partial charge in [0.25, 0.3) is 5.56 Å². The Kier molecular flexibility index (Phi) is 5.18. The van der Waals surface area contributed by atoms with Crippen molar-refractivity contribution in [3.8, 4) is 0 Å². The Morgan fingerprint density at radius 3 is 2.52 bits per heavy atom. The van der Waals surface area contributed by atoms with Gasteiger partial charge in [0.1, 0.15) is 0 Å². The van der Waals surface area contributed by atoms with Crippen molar-refractivity contribution in [1.82, 2.24) is 28.0 Å². The maximum Gasteiger partial charge on any atom is 0.332 e. The minimum atomic E-state index is -0.378. The molecule has 1 fully saturated rings. The summed E-state index contributed by atoms with van der Waals surface area (Å²) in [5.41, 5.74) is 2.20. The highest BCUT2D eigenvalue weighted by Crippen LogP contribution is 2.21. The smallest absolute Gasteiger partial charge is 0.332 e. The minimum Gasteiger partial charge on any atom is -0.379 e. The van der Waals surface area contributed by atoms with E-state index < -0.39 is 0 Å². The molecule has 0 bridgehead atoms. The van der Waals surface area contributed by atoms with Crippen LogP contribution < -0.4 is 11.2 Å². The van der Waals surface area contributed by atoms with E-state index in [1.807, 2.05) is 11.3 Å². The number of hydrogen-bond acceptors (Lipinski definition) is 5. The van der Waals surface area contributed by atoms with Crippen LogP contribution in [0.15, 0.2) is 22.2 Å². The van der Waals surface area contributed by atoms with Crippen LogP contribution in [0.5, 0.6) is 0 Å². The molecule has 3 aromatic rings. The second kappa shape index (κ2) is 7.64. The summed E-state index contributed by atoms with van der Waals surface area (Å²) in [6.07, 6.45) is 2.54. The van der Waals surface area contributed by atoms with Crippen molar-refractivity contribution in [2.75, 3.05) is 32.8 Å². The molecule has 0 atom stereocenters. The molecular formula is C20H28N6O3. The third-order valence-corrected chi connectivity index (χ3v) is 5.90. The highest BCUT2D eigenvalue weighted by molar-refractivity contribution is 5.76. The van der Waals surface area contributed by atoms with E-state index in [9.17, 15) is 9.59 Å². The predicted octanol–water partition coefficient (Wildman–Crippen LogP) is 0.675. The van der Waals surface area contributed by atoms with Crippen LogP contribution in [-0.2, 0) is 24.9 Å². The van der Waals surface area contributed by atoms with E-state index in [-0.39, 0.29) is 17.8 Å². The fourth-order valence-electron chi connectivity index (χ4n) is 4.15. The van der Waals surface area contributed by atoms with Crippen LogP contribution in [0.25, 0.3) is 16.9 Å². The van der Waals surface area contributed by atoms with Gasteiger partial charge in [-0.15, -0.1) is 6.58 Å². The lowest BCUT2D eigenvalue weighted by Gasteiger charge is -2.26. The molecule has 0 radical (unpaired) electrons. The molecule has 0 saturated carbocycles. The molecule has 1 saturated heterocycles. The average Bonchev–Trinajstić information content (AvgIpc) is 3.22. The lowest BCUT2D eigenvalue weighted by molar-refractivity contribution is 0.0369.